The fourth-order valence-corrected chi connectivity index (χ4v) is 2.61. The number of benzene rings is 1. The Morgan fingerprint density at radius 2 is 2.17 bits per heavy atom. The van der Waals surface area contributed by atoms with Crippen LogP contribution in [0.2, 0.25) is 0 Å². The van der Waals surface area contributed by atoms with Gasteiger partial charge in [-0.1, -0.05) is 13.3 Å². The molecule has 0 aromatic heterocycles. The van der Waals surface area contributed by atoms with Gasteiger partial charge in [0.2, 0.25) is 0 Å². The summed E-state index contributed by atoms with van der Waals surface area (Å²) < 4.78 is 26.8. The molecule has 4 nitrogen and oxygen atoms in total. The maximum absolute atomic E-state index is 13.8. The summed E-state index contributed by atoms with van der Waals surface area (Å²) in [4.78, 5) is 6.14. The molecule has 1 aromatic carbocycles. The molecule has 1 heterocycles. The van der Waals surface area contributed by atoms with Crippen LogP contribution >= 0.6 is 24.0 Å². The number of rotatable bonds is 5. The van der Waals surface area contributed by atoms with E-state index in [2.05, 4.69) is 22.5 Å². The molecule has 0 spiro atoms. The Morgan fingerprint density at radius 1 is 1.39 bits per heavy atom. The van der Waals surface area contributed by atoms with E-state index in [-0.39, 0.29) is 30.0 Å². The Kier molecular flexibility index (Phi) is 8.57. The number of hydrogen-bond acceptors (Lipinski definition) is 2. The first-order chi connectivity index (χ1) is 10.6. The fraction of sp³-hybridized carbons (Fsp3) is 0.562. The van der Waals surface area contributed by atoms with Gasteiger partial charge in [-0.25, -0.2) is 8.78 Å². The molecule has 0 bridgehead atoms. The molecule has 1 saturated heterocycles. The van der Waals surface area contributed by atoms with Crippen LogP contribution in [0.25, 0.3) is 0 Å². The molecule has 1 atom stereocenters. The van der Waals surface area contributed by atoms with Gasteiger partial charge in [-0.3, -0.25) is 4.99 Å². The van der Waals surface area contributed by atoms with Gasteiger partial charge in [0.25, 0.3) is 0 Å². The van der Waals surface area contributed by atoms with Gasteiger partial charge in [0, 0.05) is 38.8 Å². The van der Waals surface area contributed by atoms with E-state index in [4.69, 9.17) is 0 Å². The summed E-state index contributed by atoms with van der Waals surface area (Å²) in [6.45, 7) is 4.45. The van der Waals surface area contributed by atoms with E-state index in [1.165, 1.54) is 12.1 Å². The lowest BCUT2D eigenvalue weighted by Gasteiger charge is -2.21. The van der Waals surface area contributed by atoms with Crippen molar-refractivity contribution in [2.24, 2.45) is 4.99 Å². The van der Waals surface area contributed by atoms with E-state index >= 15 is 0 Å². The number of halogens is 3. The van der Waals surface area contributed by atoms with Crippen LogP contribution in [0, 0.1) is 11.6 Å². The summed E-state index contributed by atoms with van der Waals surface area (Å²) in [5, 5.41) is 6.62. The zero-order valence-corrected chi connectivity index (χ0v) is 15.9. The molecule has 7 heteroatoms. The van der Waals surface area contributed by atoms with E-state index in [1.807, 2.05) is 4.90 Å². The van der Waals surface area contributed by atoms with Crippen LogP contribution in [-0.2, 0) is 0 Å². The Balaban J connectivity index is 0.00000264. The first-order valence-electron chi connectivity index (χ1n) is 7.81. The van der Waals surface area contributed by atoms with Crippen molar-refractivity contribution in [2.45, 2.75) is 32.2 Å². The average molecular weight is 438 g/mol. The third kappa shape index (κ3) is 5.78. The molecular formula is C16H25F2IN4. The fourth-order valence-electron chi connectivity index (χ4n) is 2.61. The summed E-state index contributed by atoms with van der Waals surface area (Å²) >= 11 is 0. The van der Waals surface area contributed by atoms with Crippen LogP contribution in [0.15, 0.2) is 23.2 Å². The predicted octanol–water partition coefficient (Wildman–Crippen LogP) is 3.13. The van der Waals surface area contributed by atoms with Gasteiger partial charge in [-0.15, -0.1) is 24.0 Å². The molecule has 1 aromatic rings. The van der Waals surface area contributed by atoms with Crippen LogP contribution in [0.5, 0.6) is 0 Å². The number of guanidine groups is 1. The molecule has 2 rings (SSSR count). The predicted molar refractivity (Wildman–Crippen MR) is 102 cm³/mol. The molecule has 0 amide bonds. The summed E-state index contributed by atoms with van der Waals surface area (Å²) in [7, 11) is 1.74. The molecule has 2 N–H and O–H groups in total. The van der Waals surface area contributed by atoms with Gasteiger partial charge < -0.3 is 15.5 Å². The second kappa shape index (κ2) is 9.89. The standard InChI is InChI=1S/C16H24F2N4.HI/c1-3-4-8-20-16(19-2)21-13-7-9-22(11-13)15-6-5-12(17)10-14(15)18;/h5-6,10,13H,3-4,7-9,11H2,1-2H3,(H2,19,20,21);1H. The highest BCUT2D eigenvalue weighted by atomic mass is 127. The van der Waals surface area contributed by atoms with Crippen LogP contribution < -0.4 is 15.5 Å². The number of anilines is 1. The van der Waals surface area contributed by atoms with Crippen molar-refractivity contribution in [3.8, 4) is 0 Å². The molecule has 1 aliphatic heterocycles. The van der Waals surface area contributed by atoms with Crippen LogP contribution in [0.4, 0.5) is 14.5 Å². The van der Waals surface area contributed by atoms with Crippen LogP contribution in [0.1, 0.15) is 26.2 Å². The maximum atomic E-state index is 13.8. The highest BCUT2D eigenvalue weighted by Crippen LogP contribution is 2.24. The second-order valence-electron chi connectivity index (χ2n) is 5.52. The van der Waals surface area contributed by atoms with Crippen molar-refractivity contribution in [3.63, 3.8) is 0 Å². The molecule has 130 valence electrons. The minimum Gasteiger partial charge on any atom is -0.367 e. The second-order valence-corrected chi connectivity index (χ2v) is 5.52. The van der Waals surface area contributed by atoms with Gasteiger partial charge in [0.05, 0.1) is 5.69 Å². The van der Waals surface area contributed by atoms with Crippen molar-refractivity contribution in [1.82, 2.24) is 10.6 Å². The van der Waals surface area contributed by atoms with E-state index in [0.29, 0.717) is 12.2 Å². The van der Waals surface area contributed by atoms with E-state index in [1.54, 1.807) is 7.05 Å². The molecule has 1 unspecified atom stereocenters. The summed E-state index contributed by atoms with van der Waals surface area (Å²) in [5.74, 6) is -0.276. The first-order valence-corrected chi connectivity index (χ1v) is 7.81. The lowest BCUT2D eigenvalue weighted by atomic mass is 10.2. The number of hydrogen-bond donors (Lipinski definition) is 2. The van der Waals surface area contributed by atoms with E-state index in [9.17, 15) is 8.78 Å². The van der Waals surface area contributed by atoms with Gasteiger partial charge >= 0.3 is 0 Å². The molecule has 1 aliphatic rings. The Labute approximate surface area is 153 Å². The monoisotopic (exact) mass is 438 g/mol. The normalized spacial score (nSPS) is 17.8. The lowest BCUT2D eigenvalue weighted by molar-refractivity contribution is 0.580. The van der Waals surface area contributed by atoms with E-state index < -0.39 is 11.6 Å². The zero-order chi connectivity index (χ0) is 15.9. The SMILES string of the molecule is CCCCNC(=NC)NC1CCN(c2ccc(F)cc2F)C1.I. The molecule has 0 saturated carbocycles. The molecule has 1 fully saturated rings. The molecule has 23 heavy (non-hydrogen) atoms. The van der Waals surface area contributed by atoms with Crippen molar-refractivity contribution < 1.29 is 8.78 Å². The molecule has 0 radical (unpaired) electrons. The van der Waals surface area contributed by atoms with Crippen molar-refractivity contribution in [1.29, 1.82) is 0 Å². The van der Waals surface area contributed by atoms with Gasteiger partial charge in [0.15, 0.2) is 5.96 Å². The summed E-state index contributed by atoms with van der Waals surface area (Å²) in [6, 6.07) is 3.94. The first kappa shape index (κ1) is 19.9. The minimum atomic E-state index is -0.546. The van der Waals surface area contributed by atoms with Crippen molar-refractivity contribution in [3.05, 3.63) is 29.8 Å². The third-order valence-corrected chi connectivity index (χ3v) is 3.83. The third-order valence-electron chi connectivity index (χ3n) is 3.83. The average Bonchev–Trinajstić information content (AvgIpc) is 2.94. The lowest BCUT2D eigenvalue weighted by Crippen LogP contribution is -2.44. The van der Waals surface area contributed by atoms with Gasteiger partial charge in [0.1, 0.15) is 11.6 Å². The highest BCUT2D eigenvalue weighted by Gasteiger charge is 2.25. The topological polar surface area (TPSA) is 39.7 Å². The van der Waals surface area contributed by atoms with Gasteiger partial charge in [-0.2, -0.15) is 0 Å². The quantitative estimate of drug-likeness (QED) is 0.321. The van der Waals surface area contributed by atoms with Crippen molar-refractivity contribution in [2.75, 3.05) is 31.6 Å². The zero-order valence-electron chi connectivity index (χ0n) is 13.6. The highest BCUT2D eigenvalue weighted by molar-refractivity contribution is 14.0. The van der Waals surface area contributed by atoms with Crippen molar-refractivity contribution >= 4 is 35.6 Å². The largest absolute Gasteiger partial charge is 0.367 e. The number of aliphatic imine (C=N–C) groups is 1. The number of nitrogens with one attached hydrogen (secondary N) is 2. The molecule has 0 aliphatic carbocycles. The Morgan fingerprint density at radius 3 is 2.83 bits per heavy atom. The summed E-state index contributed by atoms with van der Waals surface area (Å²) in [5.41, 5.74) is 0.458. The molecular weight excluding hydrogens is 413 g/mol. The van der Waals surface area contributed by atoms with Crippen LogP contribution in [-0.4, -0.2) is 38.7 Å². The van der Waals surface area contributed by atoms with E-state index in [0.717, 1.165) is 44.4 Å². The number of nitrogens with zero attached hydrogens (tertiary/aromatic N) is 2. The number of unbranched alkanes of at least 4 members (excludes halogenated alkanes) is 1. The smallest absolute Gasteiger partial charge is 0.191 e. The maximum Gasteiger partial charge on any atom is 0.191 e. The Bertz CT molecular complexity index is 525. The Hall–Kier alpha value is -1.12. The minimum absolute atomic E-state index is 0. The summed E-state index contributed by atoms with van der Waals surface area (Å²) in [6.07, 6.45) is 3.12. The van der Waals surface area contributed by atoms with Crippen LogP contribution in [0.3, 0.4) is 0 Å². The van der Waals surface area contributed by atoms with Gasteiger partial charge in [-0.05, 0) is 25.0 Å².